The molecule has 0 radical (unpaired) electrons. The Morgan fingerprint density at radius 1 is 1.47 bits per heavy atom. The largest absolute Gasteiger partial charge is 0.327 e. The molecule has 3 nitrogen and oxygen atoms in total. The van der Waals surface area contributed by atoms with Gasteiger partial charge in [0.1, 0.15) is 5.82 Å². The first-order chi connectivity index (χ1) is 7.80. The Bertz CT molecular complexity index is 555. The SMILES string of the molecule is CCCn1c(CCl)nc2cc(C#N)ccc21.Cl. The number of nitriles is 1. The minimum absolute atomic E-state index is 0. The van der Waals surface area contributed by atoms with Crippen LogP contribution in [0.25, 0.3) is 11.0 Å². The van der Waals surface area contributed by atoms with Crippen LogP contribution >= 0.6 is 24.0 Å². The fraction of sp³-hybridized carbons (Fsp3) is 0.333. The van der Waals surface area contributed by atoms with Gasteiger partial charge in [-0.15, -0.1) is 24.0 Å². The van der Waals surface area contributed by atoms with E-state index >= 15 is 0 Å². The number of nitrogens with zero attached hydrogens (tertiary/aromatic N) is 3. The van der Waals surface area contributed by atoms with Crippen molar-refractivity contribution in [3.05, 3.63) is 29.6 Å². The molecule has 0 saturated heterocycles. The van der Waals surface area contributed by atoms with E-state index in [0.29, 0.717) is 11.4 Å². The molecule has 0 atom stereocenters. The van der Waals surface area contributed by atoms with Crippen molar-refractivity contribution in [1.29, 1.82) is 5.26 Å². The van der Waals surface area contributed by atoms with E-state index in [1.54, 1.807) is 6.07 Å². The van der Waals surface area contributed by atoms with E-state index in [1.165, 1.54) is 0 Å². The van der Waals surface area contributed by atoms with Gasteiger partial charge in [-0.3, -0.25) is 0 Å². The third-order valence-corrected chi connectivity index (χ3v) is 2.76. The number of aryl methyl sites for hydroxylation is 1. The summed E-state index contributed by atoms with van der Waals surface area (Å²) in [6.45, 7) is 3.03. The van der Waals surface area contributed by atoms with Crippen LogP contribution in [0.2, 0.25) is 0 Å². The molecular weight excluding hydrogens is 257 g/mol. The lowest BCUT2D eigenvalue weighted by molar-refractivity contribution is 0.672. The van der Waals surface area contributed by atoms with Crippen LogP contribution < -0.4 is 0 Å². The summed E-state index contributed by atoms with van der Waals surface area (Å²) in [5.74, 6) is 1.27. The maximum Gasteiger partial charge on any atom is 0.124 e. The van der Waals surface area contributed by atoms with Crippen molar-refractivity contribution in [3.63, 3.8) is 0 Å². The van der Waals surface area contributed by atoms with Gasteiger partial charge in [-0.2, -0.15) is 5.26 Å². The first kappa shape index (κ1) is 13.8. The second-order valence-electron chi connectivity index (χ2n) is 3.63. The third-order valence-electron chi connectivity index (χ3n) is 2.52. The van der Waals surface area contributed by atoms with Gasteiger partial charge in [0.2, 0.25) is 0 Å². The maximum absolute atomic E-state index is 8.82. The molecule has 2 aromatic rings. The Kier molecular flexibility index (Phi) is 4.80. The van der Waals surface area contributed by atoms with Crippen LogP contribution in [0.15, 0.2) is 18.2 Å². The highest BCUT2D eigenvalue weighted by molar-refractivity contribution is 6.16. The van der Waals surface area contributed by atoms with Gasteiger partial charge in [0.25, 0.3) is 0 Å². The zero-order valence-corrected chi connectivity index (χ0v) is 11.1. The van der Waals surface area contributed by atoms with Gasteiger partial charge in [-0.1, -0.05) is 6.92 Å². The summed E-state index contributed by atoms with van der Waals surface area (Å²) in [5, 5.41) is 8.82. The molecule has 0 saturated carbocycles. The molecule has 2 rings (SSSR count). The molecule has 90 valence electrons. The van der Waals surface area contributed by atoms with Crippen LogP contribution in [0.1, 0.15) is 24.7 Å². The Morgan fingerprint density at radius 3 is 2.82 bits per heavy atom. The van der Waals surface area contributed by atoms with Crippen molar-refractivity contribution >= 4 is 35.0 Å². The quantitative estimate of drug-likeness (QED) is 0.801. The van der Waals surface area contributed by atoms with Crippen LogP contribution in [0.4, 0.5) is 0 Å². The molecule has 0 bridgehead atoms. The first-order valence-corrected chi connectivity index (χ1v) is 5.78. The molecule has 0 fully saturated rings. The van der Waals surface area contributed by atoms with E-state index in [2.05, 4.69) is 22.5 Å². The number of imidazole rings is 1. The molecule has 0 spiro atoms. The summed E-state index contributed by atoms with van der Waals surface area (Å²) in [4.78, 5) is 4.44. The number of benzene rings is 1. The Balaban J connectivity index is 0.00000144. The predicted molar refractivity (Wildman–Crippen MR) is 71.5 cm³/mol. The molecule has 0 N–H and O–H groups in total. The van der Waals surface area contributed by atoms with Crippen molar-refractivity contribution in [2.24, 2.45) is 0 Å². The monoisotopic (exact) mass is 269 g/mol. The molecule has 0 unspecified atom stereocenters. The summed E-state index contributed by atoms with van der Waals surface area (Å²) in [6.07, 6.45) is 1.04. The fourth-order valence-corrected chi connectivity index (χ4v) is 2.03. The van der Waals surface area contributed by atoms with Crippen LogP contribution in [-0.2, 0) is 12.4 Å². The lowest BCUT2D eigenvalue weighted by Gasteiger charge is -2.04. The van der Waals surface area contributed by atoms with Crippen molar-refractivity contribution in [1.82, 2.24) is 9.55 Å². The molecule has 17 heavy (non-hydrogen) atoms. The molecule has 5 heteroatoms. The maximum atomic E-state index is 8.82. The van der Waals surface area contributed by atoms with Gasteiger partial charge in [0.05, 0.1) is 28.5 Å². The van der Waals surface area contributed by atoms with E-state index in [1.807, 2.05) is 12.1 Å². The standard InChI is InChI=1S/C12H12ClN3.ClH/c1-2-5-16-11-4-3-9(8-14)6-10(11)15-12(16)7-13;/h3-4,6H,2,5,7H2,1H3;1H. The average Bonchev–Trinajstić information content (AvgIpc) is 2.67. The first-order valence-electron chi connectivity index (χ1n) is 5.25. The molecule has 1 aromatic carbocycles. The van der Waals surface area contributed by atoms with Gasteiger partial charge in [-0.05, 0) is 24.6 Å². The highest BCUT2D eigenvalue weighted by Crippen LogP contribution is 2.19. The van der Waals surface area contributed by atoms with Crippen LogP contribution in [-0.4, -0.2) is 9.55 Å². The zero-order valence-electron chi connectivity index (χ0n) is 9.48. The van der Waals surface area contributed by atoms with E-state index in [-0.39, 0.29) is 12.4 Å². The third kappa shape index (κ3) is 2.54. The smallest absolute Gasteiger partial charge is 0.124 e. The number of hydrogen-bond acceptors (Lipinski definition) is 2. The van der Waals surface area contributed by atoms with Crippen molar-refractivity contribution in [2.45, 2.75) is 25.8 Å². The number of rotatable bonds is 3. The predicted octanol–water partition coefficient (Wildman–Crippen LogP) is 3.48. The summed E-state index contributed by atoms with van der Waals surface area (Å²) in [5.41, 5.74) is 2.54. The number of fused-ring (bicyclic) bond motifs is 1. The van der Waals surface area contributed by atoms with Gasteiger partial charge in [-0.25, -0.2) is 4.98 Å². The lowest BCUT2D eigenvalue weighted by Crippen LogP contribution is -2.01. The van der Waals surface area contributed by atoms with Gasteiger partial charge >= 0.3 is 0 Å². The zero-order chi connectivity index (χ0) is 11.5. The summed E-state index contributed by atoms with van der Waals surface area (Å²) in [6, 6.07) is 7.67. The van der Waals surface area contributed by atoms with Crippen molar-refractivity contribution in [3.8, 4) is 6.07 Å². The number of aromatic nitrogens is 2. The molecule has 1 heterocycles. The van der Waals surface area contributed by atoms with Crippen molar-refractivity contribution < 1.29 is 0 Å². The molecular formula is C12H13Cl2N3. The van der Waals surface area contributed by atoms with Crippen LogP contribution in [0.3, 0.4) is 0 Å². The highest BCUT2D eigenvalue weighted by Gasteiger charge is 2.09. The summed E-state index contributed by atoms with van der Waals surface area (Å²) >= 11 is 5.86. The minimum Gasteiger partial charge on any atom is -0.327 e. The van der Waals surface area contributed by atoms with Crippen LogP contribution in [0.5, 0.6) is 0 Å². The summed E-state index contributed by atoms with van der Waals surface area (Å²) < 4.78 is 2.11. The number of halogens is 2. The van der Waals surface area contributed by atoms with E-state index in [0.717, 1.165) is 29.8 Å². The molecule has 0 aliphatic rings. The Hall–Kier alpha value is -1.24. The number of alkyl halides is 1. The van der Waals surface area contributed by atoms with Crippen LogP contribution in [0, 0.1) is 11.3 Å². The van der Waals surface area contributed by atoms with Crippen molar-refractivity contribution in [2.75, 3.05) is 0 Å². The molecule has 0 aliphatic heterocycles. The Labute approximate surface area is 111 Å². The van der Waals surface area contributed by atoms with E-state index in [9.17, 15) is 0 Å². The highest BCUT2D eigenvalue weighted by atomic mass is 35.5. The van der Waals surface area contributed by atoms with Gasteiger partial charge in [0.15, 0.2) is 0 Å². The normalized spacial score (nSPS) is 9.94. The topological polar surface area (TPSA) is 41.6 Å². The van der Waals surface area contributed by atoms with Gasteiger partial charge < -0.3 is 4.57 Å². The number of hydrogen-bond donors (Lipinski definition) is 0. The van der Waals surface area contributed by atoms with Gasteiger partial charge in [0, 0.05) is 6.54 Å². The second kappa shape index (κ2) is 5.90. The van der Waals surface area contributed by atoms with E-state index < -0.39 is 0 Å². The average molecular weight is 270 g/mol. The Morgan fingerprint density at radius 2 is 2.24 bits per heavy atom. The fourth-order valence-electron chi connectivity index (χ4n) is 1.82. The minimum atomic E-state index is 0. The summed E-state index contributed by atoms with van der Waals surface area (Å²) in [7, 11) is 0. The molecule has 0 aliphatic carbocycles. The second-order valence-corrected chi connectivity index (χ2v) is 3.90. The lowest BCUT2D eigenvalue weighted by atomic mass is 10.2. The molecule has 1 aromatic heterocycles. The van der Waals surface area contributed by atoms with E-state index in [4.69, 9.17) is 16.9 Å². The molecule has 0 amide bonds.